The van der Waals surface area contributed by atoms with Crippen LogP contribution in [-0.2, 0) is 21.7 Å². The lowest BCUT2D eigenvalue weighted by Gasteiger charge is -2.07. The molecule has 0 aliphatic heterocycles. The van der Waals surface area contributed by atoms with Crippen LogP contribution in [0.25, 0.3) is 11.1 Å². The first-order valence-corrected chi connectivity index (χ1v) is 10.9. The number of rotatable bonds is 6. The predicted octanol–water partition coefficient (Wildman–Crippen LogP) is 2.66. The third-order valence-electron chi connectivity index (χ3n) is 4.07. The van der Waals surface area contributed by atoms with Crippen LogP contribution in [0.15, 0.2) is 61.5 Å². The van der Waals surface area contributed by atoms with Crippen LogP contribution in [0.4, 0.5) is 5.69 Å². The van der Waals surface area contributed by atoms with Crippen LogP contribution in [0, 0.1) is 0 Å². The molecule has 0 aliphatic rings. The molecular weight excluding hydrogens is 388 g/mol. The van der Waals surface area contributed by atoms with Gasteiger partial charge in [0, 0.05) is 30.1 Å². The summed E-state index contributed by atoms with van der Waals surface area (Å²) < 4.78 is 31.3. The molecule has 0 saturated carbocycles. The molecule has 0 saturated heterocycles. The zero-order valence-electron chi connectivity index (χ0n) is 14.8. The summed E-state index contributed by atoms with van der Waals surface area (Å²) in [4.78, 5) is 24.6. The first kappa shape index (κ1) is 19.2. The summed E-state index contributed by atoms with van der Waals surface area (Å²) in [6, 6.07) is 11.5. The van der Waals surface area contributed by atoms with E-state index in [9.17, 15) is 18.0 Å². The largest absolute Gasteiger partial charge is 0.419 e. The normalized spacial score (nSPS) is 11.6. The monoisotopic (exact) mass is 406 g/mol. The molecule has 0 aliphatic carbocycles. The van der Waals surface area contributed by atoms with Gasteiger partial charge in [-0.15, -0.1) is 11.8 Å². The Morgan fingerprint density at radius 3 is 2.74 bits per heavy atom. The average Bonchev–Trinajstić information content (AvgIpc) is 2.94. The predicted molar refractivity (Wildman–Crippen MR) is 105 cm³/mol. The highest BCUT2D eigenvalue weighted by Gasteiger charge is 2.19. The summed E-state index contributed by atoms with van der Waals surface area (Å²) in [5, 5.41) is 2.70. The summed E-state index contributed by atoms with van der Waals surface area (Å²) in [7, 11) is -2.15. The Balaban J connectivity index is 1.70. The van der Waals surface area contributed by atoms with Gasteiger partial charge in [0.2, 0.25) is 5.91 Å². The van der Waals surface area contributed by atoms with E-state index in [4.69, 9.17) is 4.42 Å². The number of thioether (sulfide) groups is 1. The summed E-state index contributed by atoms with van der Waals surface area (Å²) >= 11 is 1.55. The van der Waals surface area contributed by atoms with Crippen LogP contribution in [0.2, 0.25) is 0 Å². The van der Waals surface area contributed by atoms with E-state index in [1.165, 1.54) is 22.8 Å². The van der Waals surface area contributed by atoms with Gasteiger partial charge >= 0.3 is 5.76 Å². The number of amides is 1. The van der Waals surface area contributed by atoms with Crippen molar-refractivity contribution in [3.8, 4) is 0 Å². The minimum absolute atomic E-state index is 0.0153. The standard InChI is InChI=1S/C18H18N2O5S2/c1-20-15-7-6-14(11-16(15)25-18(20)22)27(23,24)9-8-17(21)19-12-4-3-5-13(10-12)26-2/h3-7,10-11H,8-9H2,1-2H3,(H,19,21). The van der Waals surface area contributed by atoms with Gasteiger partial charge in [-0.05, 0) is 36.6 Å². The number of hydrogen-bond donors (Lipinski definition) is 1. The van der Waals surface area contributed by atoms with Crippen molar-refractivity contribution in [2.75, 3.05) is 17.3 Å². The molecule has 1 amide bonds. The SMILES string of the molecule is CSc1cccc(NC(=O)CCS(=O)(=O)c2ccc3c(c2)oc(=O)n3C)c1. The second-order valence-electron chi connectivity index (χ2n) is 5.91. The highest BCUT2D eigenvalue weighted by molar-refractivity contribution is 7.98. The summed E-state index contributed by atoms with van der Waals surface area (Å²) in [6.07, 6.45) is 1.75. The van der Waals surface area contributed by atoms with Gasteiger partial charge in [0.1, 0.15) is 0 Å². The third-order valence-corrected chi connectivity index (χ3v) is 6.51. The van der Waals surface area contributed by atoms with Crippen molar-refractivity contribution in [1.82, 2.24) is 4.57 Å². The lowest BCUT2D eigenvalue weighted by atomic mass is 10.3. The maximum atomic E-state index is 12.5. The zero-order valence-corrected chi connectivity index (χ0v) is 16.4. The maximum absolute atomic E-state index is 12.5. The zero-order chi connectivity index (χ0) is 19.6. The summed E-state index contributed by atoms with van der Waals surface area (Å²) in [5.41, 5.74) is 1.32. The molecule has 142 valence electrons. The molecule has 0 unspecified atom stereocenters. The summed E-state index contributed by atoms with van der Waals surface area (Å²) in [6.45, 7) is 0. The van der Waals surface area contributed by atoms with E-state index in [1.807, 2.05) is 24.5 Å². The number of anilines is 1. The number of hydrogen-bond acceptors (Lipinski definition) is 6. The Hall–Kier alpha value is -2.52. The summed E-state index contributed by atoms with van der Waals surface area (Å²) in [5.74, 6) is -1.29. The van der Waals surface area contributed by atoms with Crippen molar-refractivity contribution < 1.29 is 17.6 Å². The van der Waals surface area contributed by atoms with E-state index in [0.29, 0.717) is 11.2 Å². The number of benzene rings is 2. The molecule has 1 heterocycles. The van der Waals surface area contributed by atoms with E-state index in [-0.39, 0.29) is 28.6 Å². The van der Waals surface area contributed by atoms with Crippen LogP contribution < -0.4 is 11.1 Å². The minimum atomic E-state index is -3.69. The molecule has 0 fully saturated rings. The van der Waals surface area contributed by atoms with E-state index >= 15 is 0 Å². The molecule has 7 nitrogen and oxygen atoms in total. The maximum Gasteiger partial charge on any atom is 0.419 e. The highest BCUT2D eigenvalue weighted by Crippen LogP contribution is 2.21. The van der Waals surface area contributed by atoms with Crippen molar-refractivity contribution in [2.45, 2.75) is 16.2 Å². The van der Waals surface area contributed by atoms with Crippen LogP contribution in [0.1, 0.15) is 6.42 Å². The molecule has 3 rings (SSSR count). The van der Waals surface area contributed by atoms with E-state index < -0.39 is 15.6 Å². The van der Waals surface area contributed by atoms with Crippen molar-refractivity contribution in [3.05, 3.63) is 53.0 Å². The van der Waals surface area contributed by atoms with Crippen LogP contribution in [0.5, 0.6) is 0 Å². The van der Waals surface area contributed by atoms with Gasteiger partial charge in [-0.1, -0.05) is 6.07 Å². The first-order chi connectivity index (χ1) is 12.8. The van der Waals surface area contributed by atoms with Crippen molar-refractivity contribution >= 4 is 44.3 Å². The van der Waals surface area contributed by atoms with Crippen LogP contribution >= 0.6 is 11.8 Å². The van der Waals surface area contributed by atoms with Crippen molar-refractivity contribution in [2.24, 2.45) is 7.05 Å². The molecule has 1 N–H and O–H groups in total. The van der Waals surface area contributed by atoms with Crippen LogP contribution in [0.3, 0.4) is 0 Å². The fraction of sp³-hybridized carbons (Fsp3) is 0.222. The topological polar surface area (TPSA) is 98.4 Å². The molecule has 27 heavy (non-hydrogen) atoms. The second-order valence-corrected chi connectivity index (χ2v) is 8.89. The molecule has 1 aromatic heterocycles. The fourth-order valence-corrected chi connectivity index (χ4v) is 4.29. The Labute approximate surface area is 160 Å². The molecule has 0 bridgehead atoms. The van der Waals surface area contributed by atoms with Crippen molar-refractivity contribution in [1.29, 1.82) is 0 Å². The molecule has 9 heteroatoms. The molecule has 0 spiro atoms. The number of carbonyl (C=O) groups is 1. The Kier molecular flexibility index (Phi) is 5.43. The number of nitrogens with zero attached hydrogens (tertiary/aromatic N) is 1. The van der Waals surface area contributed by atoms with Gasteiger partial charge in [-0.25, -0.2) is 13.2 Å². The number of oxazole rings is 1. The van der Waals surface area contributed by atoms with E-state index in [2.05, 4.69) is 5.32 Å². The van der Waals surface area contributed by atoms with E-state index in [1.54, 1.807) is 24.9 Å². The van der Waals surface area contributed by atoms with Crippen molar-refractivity contribution in [3.63, 3.8) is 0 Å². The number of carbonyl (C=O) groups excluding carboxylic acids is 1. The Morgan fingerprint density at radius 1 is 1.22 bits per heavy atom. The van der Waals surface area contributed by atoms with Gasteiger partial charge in [0.15, 0.2) is 15.4 Å². The molecule has 0 radical (unpaired) electrons. The number of aryl methyl sites for hydroxylation is 1. The number of fused-ring (bicyclic) bond motifs is 1. The number of sulfone groups is 1. The lowest BCUT2D eigenvalue weighted by Crippen LogP contribution is -2.17. The second kappa shape index (κ2) is 7.61. The smallest absolute Gasteiger partial charge is 0.408 e. The van der Waals surface area contributed by atoms with E-state index in [0.717, 1.165) is 4.90 Å². The number of nitrogens with one attached hydrogen (secondary N) is 1. The molecular formula is C18H18N2O5S2. The van der Waals surface area contributed by atoms with Gasteiger partial charge < -0.3 is 9.73 Å². The fourth-order valence-electron chi connectivity index (χ4n) is 2.58. The van der Waals surface area contributed by atoms with Crippen LogP contribution in [-0.4, -0.2) is 30.9 Å². The molecule has 0 atom stereocenters. The van der Waals surface area contributed by atoms with Gasteiger partial charge in [0.25, 0.3) is 0 Å². The first-order valence-electron chi connectivity index (χ1n) is 8.06. The quantitative estimate of drug-likeness (QED) is 0.632. The Bertz CT molecular complexity index is 1160. The highest BCUT2D eigenvalue weighted by atomic mass is 32.2. The van der Waals surface area contributed by atoms with Gasteiger partial charge in [0.05, 0.1) is 16.2 Å². The van der Waals surface area contributed by atoms with Gasteiger partial charge in [-0.3, -0.25) is 9.36 Å². The minimum Gasteiger partial charge on any atom is -0.408 e. The number of aromatic nitrogens is 1. The molecule has 3 aromatic rings. The molecule has 2 aromatic carbocycles. The van der Waals surface area contributed by atoms with Gasteiger partial charge in [-0.2, -0.15) is 0 Å². The third kappa shape index (κ3) is 4.25. The Morgan fingerprint density at radius 2 is 2.00 bits per heavy atom. The lowest BCUT2D eigenvalue weighted by molar-refractivity contribution is -0.115. The average molecular weight is 406 g/mol.